The molecule has 0 bridgehead atoms. The minimum atomic E-state index is -4.32. The molecule has 1 aromatic heterocycles. The van der Waals surface area contributed by atoms with Crippen LogP contribution in [0.5, 0.6) is 0 Å². The zero-order valence-electron chi connectivity index (χ0n) is 16.8. The highest BCUT2D eigenvalue weighted by molar-refractivity contribution is 7.87. The molecule has 17 heteroatoms. The van der Waals surface area contributed by atoms with Crippen LogP contribution in [0.25, 0.3) is 0 Å². The summed E-state index contributed by atoms with van der Waals surface area (Å²) in [4.78, 5) is 26.3. The third kappa shape index (κ3) is 9.66. The van der Waals surface area contributed by atoms with E-state index in [9.17, 15) is 23.1 Å². The van der Waals surface area contributed by atoms with Crippen LogP contribution in [0.3, 0.4) is 0 Å². The maximum Gasteiger partial charge on any atom is 0.324 e. The summed E-state index contributed by atoms with van der Waals surface area (Å²) in [6.07, 6.45) is -1.32. The minimum absolute atomic E-state index is 0.0349. The molecule has 31 heavy (non-hydrogen) atoms. The number of guanidine groups is 1. The van der Waals surface area contributed by atoms with Crippen LogP contribution < -0.4 is 31.5 Å². The zero-order valence-corrected chi connectivity index (χ0v) is 17.6. The molecular weight excluding hydrogens is 438 g/mol. The van der Waals surface area contributed by atoms with Gasteiger partial charge in [0.25, 0.3) is 10.2 Å². The fourth-order valence-corrected chi connectivity index (χ4v) is 3.37. The van der Waals surface area contributed by atoms with E-state index in [1.807, 2.05) is 4.72 Å². The number of aliphatic carboxylic acids is 1. The van der Waals surface area contributed by atoms with Gasteiger partial charge in [0.05, 0.1) is 18.7 Å². The molecule has 1 amide bonds. The van der Waals surface area contributed by atoms with Crippen molar-refractivity contribution in [1.29, 1.82) is 5.41 Å². The smallest absolute Gasteiger partial charge is 0.324 e. The second-order valence-corrected chi connectivity index (χ2v) is 8.11. The fourth-order valence-electron chi connectivity index (χ4n) is 2.34. The van der Waals surface area contributed by atoms with Crippen LogP contribution in [0.15, 0.2) is 4.52 Å². The number of carbonyl (C=O) groups is 2. The number of nitrogens with zero attached hydrogens (tertiary/aromatic N) is 2. The van der Waals surface area contributed by atoms with Crippen LogP contribution >= 0.6 is 0 Å². The predicted molar refractivity (Wildman–Crippen MR) is 105 cm³/mol. The number of nitrogens with two attached hydrogens (primary N) is 2. The van der Waals surface area contributed by atoms with E-state index in [1.54, 1.807) is 4.72 Å². The van der Waals surface area contributed by atoms with Gasteiger partial charge in [-0.05, 0) is 13.3 Å². The number of hydrogen-bond acceptors (Lipinski definition) is 10. The first kappa shape index (κ1) is 26.2. The van der Waals surface area contributed by atoms with Gasteiger partial charge in [-0.3, -0.25) is 15.0 Å². The number of nitrogens with one attached hydrogen (secondary N) is 5. The molecule has 11 N–H and O–H groups in total. The van der Waals surface area contributed by atoms with Crippen LogP contribution in [-0.4, -0.2) is 71.3 Å². The molecule has 4 atom stereocenters. The van der Waals surface area contributed by atoms with Gasteiger partial charge in [0.2, 0.25) is 11.8 Å². The van der Waals surface area contributed by atoms with E-state index in [0.717, 1.165) is 6.92 Å². The van der Waals surface area contributed by atoms with Gasteiger partial charge in [0, 0.05) is 19.5 Å². The van der Waals surface area contributed by atoms with Gasteiger partial charge in [-0.2, -0.15) is 22.8 Å². The Labute approximate surface area is 177 Å². The molecule has 0 aliphatic carbocycles. The number of aliphatic hydroxyl groups is 1. The Kier molecular flexibility index (Phi) is 9.72. The maximum atomic E-state index is 12.0. The molecule has 0 fully saturated rings. The van der Waals surface area contributed by atoms with Crippen molar-refractivity contribution in [1.82, 2.24) is 30.2 Å². The number of amides is 1. The Hall–Kier alpha value is -2.86. The lowest BCUT2D eigenvalue weighted by atomic mass is 10.1. The van der Waals surface area contributed by atoms with Gasteiger partial charge in [-0.25, -0.2) is 0 Å². The first-order chi connectivity index (χ1) is 14.3. The summed E-state index contributed by atoms with van der Waals surface area (Å²) in [7, 11) is -4.32. The van der Waals surface area contributed by atoms with Crippen LogP contribution in [0.1, 0.15) is 38.0 Å². The Morgan fingerprint density at radius 2 is 2.00 bits per heavy atom. The maximum absolute atomic E-state index is 12.0. The van der Waals surface area contributed by atoms with E-state index in [2.05, 4.69) is 20.8 Å². The van der Waals surface area contributed by atoms with E-state index >= 15 is 0 Å². The highest BCUT2D eigenvalue weighted by atomic mass is 32.2. The van der Waals surface area contributed by atoms with E-state index in [0.29, 0.717) is 0 Å². The third-order valence-corrected chi connectivity index (χ3v) is 4.83. The quantitative estimate of drug-likeness (QED) is 0.100. The Bertz CT molecular complexity index is 873. The van der Waals surface area contributed by atoms with E-state index in [4.69, 9.17) is 26.5 Å². The van der Waals surface area contributed by atoms with Gasteiger partial charge in [-0.1, -0.05) is 5.16 Å². The van der Waals surface area contributed by atoms with Crippen molar-refractivity contribution in [3.8, 4) is 0 Å². The summed E-state index contributed by atoms with van der Waals surface area (Å²) in [6, 6.07) is -3.06. The summed E-state index contributed by atoms with van der Waals surface area (Å²) < 4.78 is 32.6. The molecule has 2 unspecified atom stereocenters. The summed E-state index contributed by atoms with van der Waals surface area (Å²) in [6.45, 7) is 2.09. The van der Waals surface area contributed by atoms with E-state index in [-0.39, 0.29) is 36.5 Å². The largest absolute Gasteiger partial charge is 0.480 e. The first-order valence-electron chi connectivity index (χ1n) is 8.91. The molecule has 0 aliphatic heterocycles. The second-order valence-electron chi connectivity index (χ2n) is 6.58. The average Bonchev–Trinajstić information content (AvgIpc) is 3.11. The second kappa shape index (κ2) is 11.5. The third-order valence-electron chi connectivity index (χ3n) is 3.74. The molecule has 176 valence electrons. The molecule has 0 radical (unpaired) electrons. The molecule has 0 aromatic carbocycles. The Morgan fingerprint density at radius 3 is 2.52 bits per heavy atom. The van der Waals surface area contributed by atoms with Gasteiger partial charge in [-0.15, -0.1) is 0 Å². The summed E-state index contributed by atoms with van der Waals surface area (Å²) >= 11 is 0. The van der Waals surface area contributed by atoms with Crippen molar-refractivity contribution in [2.75, 3.05) is 6.54 Å². The van der Waals surface area contributed by atoms with Crippen LogP contribution in [0.2, 0.25) is 0 Å². The average molecular weight is 465 g/mol. The highest BCUT2D eigenvalue weighted by Gasteiger charge is 2.28. The highest BCUT2D eigenvalue weighted by Crippen LogP contribution is 2.13. The van der Waals surface area contributed by atoms with Gasteiger partial charge >= 0.3 is 5.97 Å². The van der Waals surface area contributed by atoms with Gasteiger partial charge in [0.1, 0.15) is 6.04 Å². The predicted octanol–water partition coefficient (Wildman–Crippen LogP) is -3.79. The van der Waals surface area contributed by atoms with Crippen molar-refractivity contribution in [2.24, 2.45) is 11.5 Å². The summed E-state index contributed by atoms with van der Waals surface area (Å²) in [5, 5.41) is 34.3. The molecule has 1 heterocycles. The molecule has 0 spiro atoms. The van der Waals surface area contributed by atoms with Crippen molar-refractivity contribution in [3.05, 3.63) is 11.7 Å². The number of carboxylic acid groups (broad SMARTS) is 1. The van der Waals surface area contributed by atoms with Crippen molar-refractivity contribution in [3.63, 3.8) is 0 Å². The standard InChI is InChI=1S/C14H27N9O7S/c1-6(24)11(13(26)27)23-31(28,29)19-5-10-21-12(22-30-10)9(15)3-8(20-7(2)25)4-18-14(16)17/h6,8-9,11,19,23-24H,3-5,15H2,1-2H3,(H,20,25)(H,26,27)(H4,16,17,18)/t6?,8?,9-,11-/m0/s1. The number of rotatable bonds is 13. The Balaban J connectivity index is 2.71. The number of carbonyl (C=O) groups excluding carboxylic acids is 1. The topological polar surface area (TPSA) is 272 Å². The molecule has 0 saturated carbocycles. The van der Waals surface area contributed by atoms with Crippen molar-refractivity contribution >= 4 is 28.0 Å². The lowest BCUT2D eigenvalue weighted by Crippen LogP contribution is -2.51. The normalized spacial score (nSPS) is 15.5. The molecule has 1 aromatic rings. The number of carboxylic acids is 1. The molecule has 0 saturated heterocycles. The summed E-state index contributed by atoms with van der Waals surface area (Å²) in [5.74, 6) is -2.28. The van der Waals surface area contributed by atoms with Crippen LogP contribution in [0.4, 0.5) is 0 Å². The van der Waals surface area contributed by atoms with Gasteiger partial charge < -0.3 is 36.8 Å². The fraction of sp³-hybridized carbons (Fsp3) is 0.643. The molecule has 16 nitrogen and oxygen atoms in total. The Morgan fingerprint density at radius 1 is 1.35 bits per heavy atom. The van der Waals surface area contributed by atoms with E-state index < -0.39 is 47.0 Å². The van der Waals surface area contributed by atoms with Crippen LogP contribution in [-0.2, 0) is 26.3 Å². The first-order valence-corrected chi connectivity index (χ1v) is 10.4. The molecule has 1 rings (SSSR count). The molecular formula is C14H27N9O7S. The zero-order chi connectivity index (χ0) is 23.8. The van der Waals surface area contributed by atoms with Crippen molar-refractivity contribution < 1.29 is 32.7 Å². The van der Waals surface area contributed by atoms with E-state index in [1.165, 1.54) is 6.92 Å². The van der Waals surface area contributed by atoms with Crippen LogP contribution in [0, 0.1) is 5.41 Å². The lowest BCUT2D eigenvalue weighted by molar-refractivity contribution is -0.141. The number of hydrogen-bond donors (Lipinski definition) is 9. The molecule has 0 aliphatic rings. The summed E-state index contributed by atoms with van der Waals surface area (Å²) in [5.41, 5.74) is 11.2. The number of aromatic nitrogens is 2. The monoisotopic (exact) mass is 465 g/mol. The van der Waals surface area contributed by atoms with Gasteiger partial charge in [0.15, 0.2) is 11.8 Å². The number of aliphatic hydroxyl groups excluding tert-OH is 1. The SMILES string of the molecule is CC(=O)NC(CNC(=N)N)C[C@H](N)c1noc(CNS(=O)(=O)N[C@H](C(=O)O)C(C)O)n1. The minimum Gasteiger partial charge on any atom is -0.480 e. The lowest BCUT2D eigenvalue weighted by Gasteiger charge is -2.20. The van der Waals surface area contributed by atoms with Crippen molar-refractivity contribution in [2.45, 2.75) is 51.0 Å².